The van der Waals surface area contributed by atoms with Gasteiger partial charge < -0.3 is 4.74 Å². The van der Waals surface area contributed by atoms with Crippen LogP contribution in [0.3, 0.4) is 0 Å². The van der Waals surface area contributed by atoms with Crippen LogP contribution < -0.4 is 4.74 Å². The molecule has 2 rings (SSSR count). The van der Waals surface area contributed by atoms with Crippen LogP contribution in [0.15, 0.2) is 58.5 Å². The molecular formula is C17H15BrClNO. The molecule has 0 bridgehead atoms. The van der Waals surface area contributed by atoms with E-state index in [2.05, 4.69) is 27.5 Å². The van der Waals surface area contributed by atoms with Crippen molar-refractivity contribution in [1.29, 1.82) is 0 Å². The Morgan fingerprint density at radius 1 is 1.33 bits per heavy atom. The maximum Gasteiger partial charge on any atom is 0.128 e. The summed E-state index contributed by atoms with van der Waals surface area (Å²) in [5, 5.41) is 0.710. The second kappa shape index (κ2) is 7.43. The van der Waals surface area contributed by atoms with Gasteiger partial charge in [-0.2, -0.15) is 0 Å². The monoisotopic (exact) mass is 363 g/mol. The van der Waals surface area contributed by atoms with E-state index >= 15 is 0 Å². The van der Waals surface area contributed by atoms with Gasteiger partial charge in [0, 0.05) is 21.3 Å². The Hall–Kier alpha value is -1.58. The average molecular weight is 365 g/mol. The SMILES string of the molecule is C=CCOc1ccc(Br)cc1C=Nc1cccc(Cl)c1C. The summed E-state index contributed by atoms with van der Waals surface area (Å²) in [6, 6.07) is 11.5. The summed E-state index contributed by atoms with van der Waals surface area (Å²) in [4.78, 5) is 4.51. The summed E-state index contributed by atoms with van der Waals surface area (Å²) in [5.74, 6) is 0.765. The third kappa shape index (κ3) is 4.19. The number of halogens is 2. The van der Waals surface area contributed by atoms with Gasteiger partial charge in [0.2, 0.25) is 0 Å². The highest BCUT2D eigenvalue weighted by molar-refractivity contribution is 9.10. The molecule has 0 radical (unpaired) electrons. The molecule has 0 aliphatic carbocycles. The van der Waals surface area contributed by atoms with Gasteiger partial charge in [0.25, 0.3) is 0 Å². The first-order valence-electron chi connectivity index (χ1n) is 6.44. The molecule has 0 spiro atoms. The lowest BCUT2D eigenvalue weighted by atomic mass is 10.2. The number of aliphatic imine (C=N–C) groups is 1. The molecular weight excluding hydrogens is 350 g/mol. The molecule has 0 aliphatic rings. The molecule has 0 fully saturated rings. The molecule has 0 heterocycles. The van der Waals surface area contributed by atoms with Crippen LogP contribution in [0.1, 0.15) is 11.1 Å². The van der Waals surface area contributed by atoms with Crippen molar-refractivity contribution in [2.45, 2.75) is 6.92 Å². The van der Waals surface area contributed by atoms with E-state index in [1.54, 1.807) is 12.3 Å². The summed E-state index contributed by atoms with van der Waals surface area (Å²) in [6.07, 6.45) is 3.49. The molecule has 4 heteroatoms. The normalized spacial score (nSPS) is 10.8. The van der Waals surface area contributed by atoms with Crippen LogP contribution in [0.5, 0.6) is 5.75 Å². The van der Waals surface area contributed by atoms with Crippen molar-refractivity contribution in [3.8, 4) is 5.75 Å². The molecule has 21 heavy (non-hydrogen) atoms. The van der Waals surface area contributed by atoms with E-state index in [0.717, 1.165) is 27.0 Å². The lowest BCUT2D eigenvalue weighted by molar-refractivity contribution is 0.362. The summed E-state index contributed by atoms with van der Waals surface area (Å²) < 4.78 is 6.60. The Kier molecular flexibility index (Phi) is 5.59. The molecule has 0 unspecified atom stereocenters. The number of nitrogens with zero attached hydrogens (tertiary/aromatic N) is 1. The maximum absolute atomic E-state index is 6.10. The molecule has 2 aromatic rings. The standard InChI is InChI=1S/C17H15BrClNO/c1-3-9-21-17-8-7-14(18)10-13(17)11-20-16-6-4-5-15(19)12(16)2/h3-8,10-11H,1,9H2,2H3. The largest absolute Gasteiger partial charge is 0.489 e. The summed E-state index contributed by atoms with van der Waals surface area (Å²) in [7, 11) is 0. The van der Waals surface area contributed by atoms with Gasteiger partial charge in [-0.3, -0.25) is 4.99 Å². The number of hydrogen-bond acceptors (Lipinski definition) is 2. The molecule has 108 valence electrons. The van der Waals surface area contributed by atoms with E-state index in [0.29, 0.717) is 11.6 Å². The smallest absolute Gasteiger partial charge is 0.128 e. The van der Waals surface area contributed by atoms with E-state index < -0.39 is 0 Å². The minimum atomic E-state index is 0.457. The number of benzene rings is 2. The lowest BCUT2D eigenvalue weighted by Gasteiger charge is -2.08. The van der Waals surface area contributed by atoms with Crippen molar-refractivity contribution in [1.82, 2.24) is 0 Å². The average Bonchev–Trinajstić information content (AvgIpc) is 2.48. The van der Waals surface area contributed by atoms with Gasteiger partial charge in [-0.1, -0.05) is 46.3 Å². The van der Waals surface area contributed by atoms with Gasteiger partial charge in [0.05, 0.1) is 5.69 Å². The van der Waals surface area contributed by atoms with Crippen LogP contribution in [-0.4, -0.2) is 12.8 Å². The molecule has 2 aromatic carbocycles. The Morgan fingerprint density at radius 3 is 2.90 bits per heavy atom. The highest BCUT2D eigenvalue weighted by Gasteiger charge is 2.04. The zero-order valence-electron chi connectivity index (χ0n) is 11.6. The van der Waals surface area contributed by atoms with Crippen LogP contribution in [0.2, 0.25) is 5.02 Å². The zero-order chi connectivity index (χ0) is 15.2. The second-order valence-corrected chi connectivity index (χ2v) is 5.75. The molecule has 0 saturated carbocycles. The number of hydrogen-bond donors (Lipinski definition) is 0. The number of ether oxygens (including phenoxy) is 1. The van der Waals surface area contributed by atoms with Gasteiger partial charge in [-0.05, 0) is 42.8 Å². The predicted molar refractivity (Wildman–Crippen MR) is 93.3 cm³/mol. The highest BCUT2D eigenvalue weighted by Crippen LogP contribution is 2.27. The zero-order valence-corrected chi connectivity index (χ0v) is 14.0. The van der Waals surface area contributed by atoms with Crippen molar-refractivity contribution in [2.75, 3.05) is 6.61 Å². The van der Waals surface area contributed by atoms with Crippen molar-refractivity contribution in [3.05, 3.63) is 69.7 Å². The van der Waals surface area contributed by atoms with Crippen molar-refractivity contribution in [2.24, 2.45) is 4.99 Å². The third-order valence-electron chi connectivity index (χ3n) is 2.91. The van der Waals surface area contributed by atoms with Crippen LogP contribution in [0, 0.1) is 6.92 Å². The minimum Gasteiger partial charge on any atom is -0.489 e. The van der Waals surface area contributed by atoms with Crippen molar-refractivity contribution < 1.29 is 4.74 Å². The quantitative estimate of drug-likeness (QED) is 0.490. The summed E-state index contributed by atoms with van der Waals surface area (Å²) >= 11 is 9.56. The molecule has 0 aromatic heterocycles. The predicted octanol–water partition coefficient (Wildman–Crippen LogP) is 5.73. The molecule has 0 saturated heterocycles. The Bertz CT molecular complexity index is 682. The second-order valence-electron chi connectivity index (χ2n) is 4.42. The fraction of sp³-hybridized carbons (Fsp3) is 0.118. The highest BCUT2D eigenvalue weighted by atomic mass is 79.9. The van der Waals surface area contributed by atoms with Gasteiger partial charge in [-0.15, -0.1) is 0 Å². The van der Waals surface area contributed by atoms with E-state index in [1.165, 1.54) is 0 Å². The van der Waals surface area contributed by atoms with Crippen LogP contribution in [0.25, 0.3) is 0 Å². The first-order chi connectivity index (χ1) is 10.1. The van der Waals surface area contributed by atoms with Crippen LogP contribution in [-0.2, 0) is 0 Å². The fourth-order valence-corrected chi connectivity index (χ4v) is 2.32. The van der Waals surface area contributed by atoms with Gasteiger partial charge in [0.1, 0.15) is 12.4 Å². The van der Waals surface area contributed by atoms with Crippen LogP contribution in [0.4, 0.5) is 5.69 Å². The Balaban J connectivity index is 2.33. The molecule has 0 N–H and O–H groups in total. The minimum absolute atomic E-state index is 0.457. The Morgan fingerprint density at radius 2 is 2.14 bits per heavy atom. The van der Waals surface area contributed by atoms with E-state index in [9.17, 15) is 0 Å². The molecule has 0 aliphatic heterocycles. The number of rotatable bonds is 5. The van der Waals surface area contributed by atoms with Gasteiger partial charge >= 0.3 is 0 Å². The van der Waals surface area contributed by atoms with E-state index in [1.807, 2.05) is 43.3 Å². The molecule has 0 atom stereocenters. The first-order valence-corrected chi connectivity index (χ1v) is 7.61. The fourth-order valence-electron chi connectivity index (χ4n) is 1.78. The first kappa shape index (κ1) is 15.8. The maximum atomic E-state index is 6.10. The summed E-state index contributed by atoms with van der Waals surface area (Å²) in [6.45, 7) is 6.06. The third-order valence-corrected chi connectivity index (χ3v) is 3.81. The lowest BCUT2D eigenvalue weighted by Crippen LogP contribution is -1.97. The van der Waals surface area contributed by atoms with E-state index in [4.69, 9.17) is 16.3 Å². The van der Waals surface area contributed by atoms with Crippen molar-refractivity contribution in [3.63, 3.8) is 0 Å². The van der Waals surface area contributed by atoms with Gasteiger partial charge in [-0.25, -0.2) is 0 Å². The topological polar surface area (TPSA) is 21.6 Å². The Labute approximate surface area is 138 Å². The van der Waals surface area contributed by atoms with Gasteiger partial charge in [0.15, 0.2) is 0 Å². The molecule has 0 amide bonds. The van der Waals surface area contributed by atoms with E-state index in [-0.39, 0.29) is 0 Å². The van der Waals surface area contributed by atoms with Crippen LogP contribution >= 0.6 is 27.5 Å². The summed E-state index contributed by atoms with van der Waals surface area (Å²) in [5.41, 5.74) is 2.70. The van der Waals surface area contributed by atoms with Crippen molar-refractivity contribution >= 4 is 39.4 Å². The molecule has 2 nitrogen and oxygen atoms in total.